The number of thioether (sulfide) groups is 1. The molecule has 0 unspecified atom stereocenters. The molecule has 46 heavy (non-hydrogen) atoms. The van der Waals surface area contributed by atoms with Gasteiger partial charge in [0.25, 0.3) is 0 Å². The first-order valence-corrected chi connectivity index (χ1v) is 18.1. The first-order valence-electron chi connectivity index (χ1n) is 16.4. The maximum absolute atomic E-state index is 15.2. The number of H-pyrrole nitrogens is 1. The van der Waals surface area contributed by atoms with E-state index in [1.54, 1.807) is 16.8 Å². The topological polar surface area (TPSA) is 92.3 Å². The molecule has 5 rings (SSSR count). The SMILES string of the molecule is CSCCN1[C@H](CCN=C(C)N)CCC[C@H]1c1ccc(-n2cc3cc(-c4cc(CCCC(C)C)cc(Cl)c4F)[nH]c3nc2=O)cc1. The summed E-state index contributed by atoms with van der Waals surface area (Å²) in [5.74, 6) is 1.83. The molecule has 4 aromatic rings. The first-order chi connectivity index (χ1) is 22.1. The lowest BCUT2D eigenvalue weighted by Gasteiger charge is -2.42. The Labute approximate surface area is 280 Å². The van der Waals surface area contributed by atoms with Crippen molar-refractivity contribution >= 4 is 40.2 Å². The van der Waals surface area contributed by atoms with Gasteiger partial charge < -0.3 is 10.7 Å². The molecule has 246 valence electrons. The van der Waals surface area contributed by atoms with E-state index in [-0.39, 0.29) is 5.02 Å². The van der Waals surface area contributed by atoms with Gasteiger partial charge in [-0.15, -0.1) is 0 Å². The summed E-state index contributed by atoms with van der Waals surface area (Å²) in [6.07, 6.45) is 11.3. The van der Waals surface area contributed by atoms with Crippen molar-refractivity contribution < 1.29 is 4.39 Å². The van der Waals surface area contributed by atoms with Gasteiger partial charge in [0.1, 0.15) is 5.65 Å². The minimum atomic E-state index is -0.481. The van der Waals surface area contributed by atoms with E-state index in [0.29, 0.717) is 46.1 Å². The highest BCUT2D eigenvalue weighted by Gasteiger charge is 2.31. The zero-order chi connectivity index (χ0) is 32.8. The van der Waals surface area contributed by atoms with Crippen LogP contribution in [0.5, 0.6) is 0 Å². The molecular formula is C36H46ClFN6OS. The summed E-state index contributed by atoms with van der Waals surface area (Å²) in [7, 11) is 0. The van der Waals surface area contributed by atoms with Gasteiger partial charge in [-0.2, -0.15) is 16.7 Å². The van der Waals surface area contributed by atoms with E-state index in [9.17, 15) is 4.79 Å². The Balaban J connectivity index is 1.39. The quantitative estimate of drug-likeness (QED) is 0.111. The van der Waals surface area contributed by atoms with Gasteiger partial charge in [-0.3, -0.25) is 14.5 Å². The number of nitrogens with one attached hydrogen (secondary N) is 1. The standard InChI is InChI=1S/C36H46ClFN6OS/c1-23(2)7-5-8-25-19-30(34(38)31(37)20-25)32-21-27-22-44(36(45)42-35(27)41-32)29-13-11-26(12-14-29)33-10-6-9-28(15-16-40-24(3)39)43(33)17-18-46-4/h11-14,19-23,28,33H,5-10,15-18H2,1-4H3,(H2,39,40)(H,41,42,45)/t28-,33-/m0/s1. The number of likely N-dealkylation sites (tertiary alicyclic amines) is 1. The van der Waals surface area contributed by atoms with Gasteiger partial charge >= 0.3 is 5.69 Å². The maximum atomic E-state index is 15.2. The molecule has 0 spiro atoms. The molecular weight excluding hydrogens is 619 g/mol. The minimum Gasteiger partial charge on any atom is -0.388 e. The van der Waals surface area contributed by atoms with Crippen LogP contribution < -0.4 is 11.4 Å². The molecule has 2 aromatic heterocycles. The fourth-order valence-corrected chi connectivity index (χ4v) is 7.24. The van der Waals surface area contributed by atoms with Crippen molar-refractivity contribution in [1.82, 2.24) is 19.4 Å². The fraction of sp³-hybridized carbons (Fsp3) is 0.472. The number of nitrogens with zero attached hydrogens (tertiary/aromatic N) is 4. The number of nitrogens with two attached hydrogens (primary N) is 1. The highest BCUT2D eigenvalue weighted by atomic mass is 35.5. The Morgan fingerprint density at radius 3 is 2.72 bits per heavy atom. The third kappa shape index (κ3) is 8.22. The van der Waals surface area contributed by atoms with Gasteiger partial charge in [0.2, 0.25) is 0 Å². The van der Waals surface area contributed by atoms with Crippen LogP contribution in [0.1, 0.15) is 76.5 Å². The van der Waals surface area contributed by atoms with Crippen LogP contribution in [0, 0.1) is 11.7 Å². The van der Waals surface area contributed by atoms with Gasteiger partial charge in [0.05, 0.1) is 22.2 Å². The lowest BCUT2D eigenvalue weighted by Crippen LogP contribution is -2.43. The summed E-state index contributed by atoms with van der Waals surface area (Å²) < 4.78 is 16.8. The Morgan fingerprint density at radius 2 is 2.00 bits per heavy atom. The van der Waals surface area contributed by atoms with Crippen molar-refractivity contribution in [2.24, 2.45) is 16.6 Å². The summed E-state index contributed by atoms with van der Waals surface area (Å²) >= 11 is 8.18. The molecule has 1 saturated heterocycles. The third-order valence-corrected chi connectivity index (χ3v) is 9.82. The highest BCUT2D eigenvalue weighted by molar-refractivity contribution is 7.98. The molecule has 3 N–H and O–H groups in total. The van der Waals surface area contributed by atoms with Crippen molar-refractivity contribution in [3.05, 3.63) is 81.1 Å². The number of aliphatic imine (C=N–C) groups is 1. The van der Waals surface area contributed by atoms with Crippen LogP contribution in [0.3, 0.4) is 0 Å². The zero-order valence-electron chi connectivity index (χ0n) is 27.4. The van der Waals surface area contributed by atoms with E-state index < -0.39 is 11.5 Å². The van der Waals surface area contributed by atoms with E-state index in [0.717, 1.165) is 62.2 Å². The number of halogens is 2. The number of aromatic amines is 1. The summed E-state index contributed by atoms with van der Waals surface area (Å²) in [5.41, 5.74) is 9.72. The number of piperidine rings is 1. The molecule has 2 aromatic carbocycles. The fourth-order valence-electron chi connectivity index (χ4n) is 6.61. The number of rotatable bonds is 13. The lowest BCUT2D eigenvalue weighted by atomic mass is 9.89. The second-order valence-electron chi connectivity index (χ2n) is 12.8. The number of amidine groups is 1. The van der Waals surface area contributed by atoms with Crippen molar-refractivity contribution in [3.63, 3.8) is 0 Å². The Kier molecular flexibility index (Phi) is 11.6. The molecule has 3 heterocycles. The van der Waals surface area contributed by atoms with Gasteiger partial charge in [0, 0.05) is 48.1 Å². The molecule has 10 heteroatoms. The van der Waals surface area contributed by atoms with E-state index in [1.807, 2.05) is 43.0 Å². The Bertz CT molecular complexity index is 1710. The minimum absolute atomic E-state index is 0.0961. The molecule has 7 nitrogen and oxygen atoms in total. The van der Waals surface area contributed by atoms with Gasteiger partial charge in [-0.1, -0.05) is 44.0 Å². The average Bonchev–Trinajstić information content (AvgIpc) is 3.43. The number of fused-ring (bicyclic) bond motifs is 1. The maximum Gasteiger partial charge on any atom is 0.354 e. The van der Waals surface area contributed by atoms with Crippen LogP contribution in [0.4, 0.5) is 4.39 Å². The highest BCUT2D eigenvalue weighted by Crippen LogP contribution is 2.36. The van der Waals surface area contributed by atoms with Crippen molar-refractivity contribution in [3.8, 4) is 16.9 Å². The van der Waals surface area contributed by atoms with E-state index in [2.05, 4.69) is 52.1 Å². The molecule has 0 aliphatic carbocycles. The van der Waals surface area contributed by atoms with E-state index >= 15 is 4.39 Å². The molecule has 2 atom stereocenters. The average molecular weight is 665 g/mol. The molecule has 0 saturated carbocycles. The Hall–Kier alpha value is -3.14. The van der Waals surface area contributed by atoms with Gasteiger partial charge in [0.15, 0.2) is 5.82 Å². The van der Waals surface area contributed by atoms with Crippen LogP contribution in [0.25, 0.3) is 28.0 Å². The van der Waals surface area contributed by atoms with Crippen molar-refractivity contribution in [2.75, 3.05) is 25.1 Å². The summed E-state index contributed by atoms with van der Waals surface area (Å²) in [5, 5.41) is 0.812. The smallest absolute Gasteiger partial charge is 0.354 e. The molecule has 0 bridgehead atoms. The largest absolute Gasteiger partial charge is 0.388 e. The van der Waals surface area contributed by atoms with E-state index in [1.165, 1.54) is 18.4 Å². The first kappa shape index (κ1) is 34.2. The Morgan fingerprint density at radius 1 is 1.22 bits per heavy atom. The van der Waals surface area contributed by atoms with Crippen LogP contribution in [-0.2, 0) is 6.42 Å². The number of hydrogen-bond acceptors (Lipinski definition) is 5. The predicted octanol–water partition coefficient (Wildman–Crippen LogP) is 8.18. The van der Waals surface area contributed by atoms with Crippen LogP contribution in [-0.4, -0.2) is 56.4 Å². The van der Waals surface area contributed by atoms with Crippen LogP contribution in [0.15, 0.2) is 58.4 Å². The lowest BCUT2D eigenvalue weighted by molar-refractivity contribution is 0.0860. The second kappa shape index (κ2) is 15.6. The summed E-state index contributed by atoms with van der Waals surface area (Å²) in [6.45, 7) is 8.00. The molecule has 1 fully saturated rings. The number of hydrogen-bond donors (Lipinski definition) is 2. The predicted molar refractivity (Wildman–Crippen MR) is 192 cm³/mol. The normalized spacial score (nSPS) is 17.8. The van der Waals surface area contributed by atoms with Crippen LogP contribution >= 0.6 is 23.4 Å². The van der Waals surface area contributed by atoms with Crippen LogP contribution in [0.2, 0.25) is 5.02 Å². The zero-order valence-corrected chi connectivity index (χ0v) is 28.9. The van der Waals surface area contributed by atoms with Crippen molar-refractivity contribution in [2.45, 2.75) is 77.8 Å². The van der Waals surface area contributed by atoms with Crippen molar-refractivity contribution in [1.29, 1.82) is 0 Å². The number of aromatic nitrogens is 3. The number of aryl methyl sites for hydroxylation is 1. The molecule has 1 aliphatic heterocycles. The summed E-state index contributed by atoms with van der Waals surface area (Å²) in [4.78, 5) is 27.7. The molecule has 0 amide bonds. The molecule has 0 radical (unpaired) electrons. The molecule has 1 aliphatic rings. The van der Waals surface area contributed by atoms with Gasteiger partial charge in [-0.25, -0.2) is 9.18 Å². The summed E-state index contributed by atoms with van der Waals surface area (Å²) in [6, 6.07) is 14.4. The monoisotopic (exact) mass is 664 g/mol. The third-order valence-electron chi connectivity index (χ3n) is 8.95. The number of benzene rings is 2. The second-order valence-corrected chi connectivity index (χ2v) is 14.2. The van der Waals surface area contributed by atoms with Gasteiger partial charge in [-0.05, 0) is 99.1 Å². The van der Waals surface area contributed by atoms with E-state index in [4.69, 9.17) is 17.3 Å².